The Bertz CT molecular complexity index is 719. The molecule has 1 aromatic carbocycles. The van der Waals surface area contributed by atoms with Crippen LogP contribution >= 0.6 is 11.6 Å². The van der Waals surface area contributed by atoms with Crippen molar-refractivity contribution in [2.45, 2.75) is 17.9 Å². The van der Waals surface area contributed by atoms with E-state index in [1.54, 1.807) is 24.4 Å². The lowest BCUT2D eigenvalue weighted by atomic mass is 10.1. The summed E-state index contributed by atoms with van der Waals surface area (Å²) in [5.74, 6) is 0.544. The predicted octanol–water partition coefficient (Wildman–Crippen LogP) is 2.56. The molecule has 0 aliphatic rings. The Morgan fingerprint density at radius 1 is 1.30 bits per heavy atom. The van der Waals surface area contributed by atoms with Crippen molar-refractivity contribution >= 4 is 27.4 Å². The van der Waals surface area contributed by atoms with E-state index in [0.29, 0.717) is 10.8 Å². The molecule has 7 heteroatoms. The lowest BCUT2D eigenvalue weighted by Gasteiger charge is -2.16. The number of nitrogens with zero attached hydrogens (tertiary/aromatic N) is 1. The molecular weight excluding hydrogens is 298 g/mol. The van der Waals surface area contributed by atoms with Gasteiger partial charge in [-0.05, 0) is 36.8 Å². The van der Waals surface area contributed by atoms with Crippen molar-refractivity contribution in [3.8, 4) is 0 Å². The molecule has 2 aromatic rings. The zero-order valence-corrected chi connectivity index (χ0v) is 12.3. The minimum Gasteiger partial charge on any atom is -0.362 e. The van der Waals surface area contributed by atoms with Gasteiger partial charge in [-0.1, -0.05) is 23.7 Å². The molecule has 0 saturated heterocycles. The maximum Gasteiger partial charge on any atom is 0.238 e. The Morgan fingerprint density at radius 3 is 2.70 bits per heavy atom. The summed E-state index contributed by atoms with van der Waals surface area (Å²) in [5.41, 5.74) is 0.776. The molecule has 106 valence electrons. The molecule has 0 saturated carbocycles. The number of primary sulfonamides is 1. The second kappa shape index (κ2) is 5.78. The first-order chi connectivity index (χ1) is 9.38. The number of anilines is 1. The molecule has 3 N–H and O–H groups in total. The van der Waals surface area contributed by atoms with Gasteiger partial charge in [-0.25, -0.2) is 18.5 Å². The lowest BCUT2D eigenvalue weighted by Crippen LogP contribution is -2.14. The van der Waals surface area contributed by atoms with E-state index >= 15 is 0 Å². The van der Waals surface area contributed by atoms with Gasteiger partial charge in [-0.3, -0.25) is 0 Å². The van der Waals surface area contributed by atoms with Crippen LogP contribution in [0.15, 0.2) is 47.5 Å². The summed E-state index contributed by atoms with van der Waals surface area (Å²) in [7, 11) is -3.71. The smallest absolute Gasteiger partial charge is 0.238 e. The first-order valence-corrected chi connectivity index (χ1v) is 7.80. The Hall–Kier alpha value is -1.63. The average molecular weight is 312 g/mol. The number of nitrogens with two attached hydrogens (primary N) is 1. The standard InChI is InChI=1S/C13H14ClN3O2S/c1-9(17-13-12(14)6-3-7-16-13)10-4-2-5-11(8-10)20(15,18)19/h2-9H,1H3,(H,16,17)(H2,15,18,19)/t9-/m0/s1. The first kappa shape index (κ1) is 14.8. The van der Waals surface area contributed by atoms with Crippen LogP contribution in [-0.4, -0.2) is 13.4 Å². The van der Waals surface area contributed by atoms with E-state index in [-0.39, 0.29) is 10.9 Å². The predicted molar refractivity (Wildman–Crippen MR) is 79.1 cm³/mol. The molecular formula is C13H14ClN3O2S. The molecule has 5 nitrogen and oxygen atoms in total. The van der Waals surface area contributed by atoms with E-state index in [1.165, 1.54) is 12.1 Å². The van der Waals surface area contributed by atoms with Gasteiger partial charge in [-0.15, -0.1) is 0 Å². The van der Waals surface area contributed by atoms with Crippen molar-refractivity contribution < 1.29 is 8.42 Å². The van der Waals surface area contributed by atoms with Crippen molar-refractivity contribution in [2.24, 2.45) is 5.14 Å². The zero-order chi connectivity index (χ0) is 14.8. The second-order valence-corrected chi connectivity index (χ2v) is 6.29. The third kappa shape index (κ3) is 3.47. The number of aromatic nitrogens is 1. The van der Waals surface area contributed by atoms with Crippen LogP contribution in [0.4, 0.5) is 5.82 Å². The third-order valence-corrected chi connectivity index (χ3v) is 4.01. The Kier molecular flexibility index (Phi) is 4.27. The van der Waals surface area contributed by atoms with Crippen LogP contribution in [0.3, 0.4) is 0 Å². The number of benzene rings is 1. The zero-order valence-electron chi connectivity index (χ0n) is 10.7. The van der Waals surface area contributed by atoms with Gasteiger partial charge in [0.05, 0.1) is 16.0 Å². The average Bonchev–Trinajstić information content (AvgIpc) is 2.40. The van der Waals surface area contributed by atoms with Crippen LogP contribution in [0.2, 0.25) is 5.02 Å². The van der Waals surface area contributed by atoms with E-state index in [1.807, 2.05) is 13.0 Å². The number of rotatable bonds is 4. The third-order valence-electron chi connectivity index (χ3n) is 2.80. The molecule has 20 heavy (non-hydrogen) atoms. The molecule has 1 aromatic heterocycles. The van der Waals surface area contributed by atoms with E-state index in [9.17, 15) is 8.42 Å². The summed E-state index contributed by atoms with van der Waals surface area (Å²) in [6, 6.07) is 9.74. The van der Waals surface area contributed by atoms with E-state index in [2.05, 4.69) is 10.3 Å². The molecule has 2 rings (SSSR count). The highest BCUT2D eigenvalue weighted by Gasteiger charge is 2.12. The summed E-state index contributed by atoms with van der Waals surface area (Å²) in [4.78, 5) is 4.21. The van der Waals surface area contributed by atoms with Gasteiger partial charge in [-0.2, -0.15) is 0 Å². The molecule has 0 unspecified atom stereocenters. The topological polar surface area (TPSA) is 85.1 Å². The minimum atomic E-state index is -3.71. The number of pyridine rings is 1. The fourth-order valence-corrected chi connectivity index (χ4v) is 2.49. The maximum absolute atomic E-state index is 11.3. The maximum atomic E-state index is 11.3. The van der Waals surface area contributed by atoms with E-state index in [4.69, 9.17) is 16.7 Å². The second-order valence-electron chi connectivity index (χ2n) is 4.32. The summed E-state index contributed by atoms with van der Waals surface area (Å²) in [6.45, 7) is 1.88. The van der Waals surface area contributed by atoms with E-state index < -0.39 is 10.0 Å². The fourth-order valence-electron chi connectivity index (χ4n) is 1.74. The SMILES string of the molecule is C[C@H](Nc1ncccc1Cl)c1cccc(S(N)(=O)=O)c1. The summed E-state index contributed by atoms with van der Waals surface area (Å²) in [5, 5.41) is 8.75. The molecule has 0 aliphatic carbocycles. The number of hydrogen-bond acceptors (Lipinski definition) is 4. The Labute approximate surface area is 122 Å². The monoisotopic (exact) mass is 311 g/mol. The van der Waals surface area contributed by atoms with Gasteiger partial charge >= 0.3 is 0 Å². The van der Waals surface area contributed by atoms with Crippen LogP contribution in [0.25, 0.3) is 0 Å². The van der Waals surface area contributed by atoms with Crippen LogP contribution < -0.4 is 10.5 Å². The summed E-state index contributed by atoms with van der Waals surface area (Å²) >= 11 is 6.02. The molecule has 1 heterocycles. The van der Waals surface area contributed by atoms with Gasteiger partial charge in [0.1, 0.15) is 5.82 Å². The van der Waals surface area contributed by atoms with Crippen molar-refractivity contribution in [1.29, 1.82) is 0 Å². The van der Waals surface area contributed by atoms with Crippen molar-refractivity contribution in [3.63, 3.8) is 0 Å². The molecule has 0 amide bonds. The molecule has 0 aliphatic heterocycles. The van der Waals surface area contributed by atoms with Gasteiger partial charge in [0.25, 0.3) is 0 Å². The number of sulfonamides is 1. The van der Waals surface area contributed by atoms with Gasteiger partial charge < -0.3 is 5.32 Å². The van der Waals surface area contributed by atoms with Crippen molar-refractivity contribution in [2.75, 3.05) is 5.32 Å². The number of hydrogen-bond donors (Lipinski definition) is 2. The normalized spacial score (nSPS) is 12.9. The number of halogens is 1. The summed E-state index contributed by atoms with van der Waals surface area (Å²) in [6.07, 6.45) is 1.63. The van der Waals surface area contributed by atoms with Crippen molar-refractivity contribution in [3.05, 3.63) is 53.2 Å². The van der Waals surface area contributed by atoms with Crippen LogP contribution in [0.5, 0.6) is 0 Å². The van der Waals surface area contributed by atoms with E-state index in [0.717, 1.165) is 5.56 Å². The fraction of sp³-hybridized carbons (Fsp3) is 0.154. The minimum absolute atomic E-state index is 0.0794. The number of nitrogens with one attached hydrogen (secondary N) is 1. The highest BCUT2D eigenvalue weighted by Crippen LogP contribution is 2.24. The van der Waals surface area contributed by atoms with Gasteiger partial charge in [0, 0.05) is 6.20 Å². The van der Waals surface area contributed by atoms with Gasteiger partial charge in [0.15, 0.2) is 0 Å². The van der Waals surface area contributed by atoms with Crippen molar-refractivity contribution in [1.82, 2.24) is 4.98 Å². The largest absolute Gasteiger partial charge is 0.362 e. The Morgan fingerprint density at radius 2 is 2.05 bits per heavy atom. The van der Waals surface area contributed by atoms with Crippen LogP contribution in [0, 0.1) is 0 Å². The molecule has 0 spiro atoms. The van der Waals surface area contributed by atoms with Gasteiger partial charge in [0.2, 0.25) is 10.0 Å². The first-order valence-electron chi connectivity index (χ1n) is 5.88. The summed E-state index contributed by atoms with van der Waals surface area (Å²) < 4.78 is 22.7. The molecule has 0 bridgehead atoms. The quantitative estimate of drug-likeness (QED) is 0.908. The molecule has 0 fully saturated rings. The van der Waals surface area contributed by atoms with Crippen LogP contribution in [0.1, 0.15) is 18.5 Å². The highest BCUT2D eigenvalue weighted by molar-refractivity contribution is 7.89. The molecule has 1 atom stereocenters. The van der Waals surface area contributed by atoms with Crippen LogP contribution in [-0.2, 0) is 10.0 Å². The molecule has 0 radical (unpaired) electrons. The Balaban J connectivity index is 2.26. The highest BCUT2D eigenvalue weighted by atomic mass is 35.5. The lowest BCUT2D eigenvalue weighted by molar-refractivity contribution is 0.597.